The number of benzene rings is 2. The normalized spacial score (nSPS) is 21.9. The molecule has 0 spiro atoms. The van der Waals surface area contributed by atoms with Gasteiger partial charge in [-0.3, -0.25) is 0 Å². The largest absolute Gasteiger partial charge is 0.466 e. The molecule has 2 aromatic carbocycles. The SMILES string of the molecule is COC(=O)C1=C(C(=O)OC)C(c2ccc(F)cc2)(C(F)(F)F)OC2c3ccccc3C=CN12. The van der Waals surface area contributed by atoms with Crippen molar-refractivity contribution in [3.63, 3.8) is 0 Å². The van der Waals surface area contributed by atoms with Crippen LogP contribution in [0.3, 0.4) is 0 Å². The maximum absolute atomic E-state index is 15.0. The first-order chi connectivity index (χ1) is 15.7. The molecule has 0 N–H and O–H groups in total. The molecule has 0 saturated heterocycles. The number of fused-ring (bicyclic) bond motifs is 3. The highest BCUT2D eigenvalue weighted by Gasteiger charge is 2.67. The average Bonchev–Trinajstić information content (AvgIpc) is 2.81. The number of nitrogens with zero attached hydrogens (tertiary/aromatic N) is 1. The van der Waals surface area contributed by atoms with Gasteiger partial charge in [0.25, 0.3) is 0 Å². The minimum absolute atomic E-state index is 0.320. The van der Waals surface area contributed by atoms with Gasteiger partial charge in [0.1, 0.15) is 17.1 Å². The topological polar surface area (TPSA) is 65.1 Å². The van der Waals surface area contributed by atoms with Crippen molar-refractivity contribution >= 4 is 18.0 Å². The molecule has 10 heteroatoms. The van der Waals surface area contributed by atoms with E-state index in [1.165, 1.54) is 6.20 Å². The predicted octanol–water partition coefficient (Wildman–Crippen LogP) is 4.20. The Balaban J connectivity index is 2.14. The summed E-state index contributed by atoms with van der Waals surface area (Å²) >= 11 is 0. The molecule has 2 atom stereocenters. The van der Waals surface area contributed by atoms with Crippen molar-refractivity contribution in [3.05, 3.63) is 88.5 Å². The minimum Gasteiger partial charge on any atom is -0.466 e. The lowest BCUT2D eigenvalue weighted by Crippen LogP contribution is -2.56. The Kier molecular flexibility index (Phi) is 5.49. The lowest BCUT2D eigenvalue weighted by Gasteiger charge is -2.48. The quantitative estimate of drug-likeness (QED) is 0.502. The maximum atomic E-state index is 15.0. The highest BCUT2D eigenvalue weighted by Crippen LogP contribution is 2.56. The standard InChI is InChI=1S/C23H17F4NO5/c1-31-20(29)17-18(21(30)32-2)28-12-11-13-5-3-4-6-16(13)19(28)33-22(17,23(25,26)27)14-7-9-15(24)10-8-14/h3-12,19H,1-2H3. The zero-order chi connectivity index (χ0) is 24.0. The Morgan fingerprint density at radius 3 is 2.24 bits per heavy atom. The van der Waals surface area contributed by atoms with Gasteiger partial charge in [0.15, 0.2) is 6.23 Å². The molecule has 2 unspecified atom stereocenters. The predicted molar refractivity (Wildman–Crippen MR) is 106 cm³/mol. The van der Waals surface area contributed by atoms with Crippen LogP contribution in [0, 0.1) is 5.82 Å². The maximum Gasteiger partial charge on any atom is 0.426 e. The molecule has 0 aromatic heterocycles. The van der Waals surface area contributed by atoms with Crippen molar-refractivity contribution in [1.82, 2.24) is 4.90 Å². The number of ether oxygens (including phenoxy) is 3. The van der Waals surface area contributed by atoms with Gasteiger partial charge in [-0.1, -0.05) is 36.4 Å². The first-order valence-electron chi connectivity index (χ1n) is 9.63. The van der Waals surface area contributed by atoms with Crippen LogP contribution in [0.25, 0.3) is 6.08 Å². The van der Waals surface area contributed by atoms with E-state index in [2.05, 4.69) is 4.74 Å². The monoisotopic (exact) mass is 463 g/mol. The van der Waals surface area contributed by atoms with Gasteiger partial charge in [-0.2, -0.15) is 13.2 Å². The van der Waals surface area contributed by atoms with Crippen LogP contribution in [-0.4, -0.2) is 37.2 Å². The molecule has 2 aliphatic rings. The molecule has 33 heavy (non-hydrogen) atoms. The lowest BCUT2D eigenvalue weighted by molar-refractivity contribution is -0.303. The van der Waals surface area contributed by atoms with Crippen molar-refractivity contribution in [1.29, 1.82) is 0 Å². The van der Waals surface area contributed by atoms with Gasteiger partial charge in [-0.05, 0) is 29.3 Å². The minimum atomic E-state index is -5.27. The Labute approximate surface area is 185 Å². The van der Waals surface area contributed by atoms with E-state index in [9.17, 15) is 27.2 Å². The Morgan fingerprint density at radius 2 is 1.64 bits per heavy atom. The Morgan fingerprint density at radius 1 is 1.00 bits per heavy atom. The van der Waals surface area contributed by atoms with Crippen molar-refractivity contribution < 1.29 is 41.4 Å². The zero-order valence-corrected chi connectivity index (χ0v) is 17.4. The molecule has 6 nitrogen and oxygen atoms in total. The van der Waals surface area contributed by atoms with Crippen LogP contribution in [0.15, 0.2) is 66.0 Å². The Hall–Kier alpha value is -3.66. The van der Waals surface area contributed by atoms with E-state index in [1.807, 2.05) is 0 Å². The summed E-state index contributed by atoms with van der Waals surface area (Å²) in [5.41, 5.74) is -5.02. The molecule has 0 fully saturated rings. The van der Waals surface area contributed by atoms with Gasteiger partial charge < -0.3 is 19.1 Å². The summed E-state index contributed by atoms with van der Waals surface area (Å²) in [4.78, 5) is 26.7. The first-order valence-corrected chi connectivity index (χ1v) is 9.63. The van der Waals surface area contributed by atoms with E-state index in [4.69, 9.17) is 9.47 Å². The second-order valence-corrected chi connectivity index (χ2v) is 7.21. The van der Waals surface area contributed by atoms with Crippen molar-refractivity contribution in [2.24, 2.45) is 0 Å². The summed E-state index contributed by atoms with van der Waals surface area (Å²) in [5.74, 6) is -3.46. The molecular weight excluding hydrogens is 446 g/mol. The number of carbonyl (C=O) groups is 2. The van der Waals surface area contributed by atoms with Crippen LogP contribution < -0.4 is 0 Å². The summed E-state index contributed by atoms with van der Waals surface area (Å²) in [7, 11) is 1.85. The molecule has 0 amide bonds. The summed E-state index contributed by atoms with van der Waals surface area (Å²) in [6.07, 6.45) is -3.84. The van der Waals surface area contributed by atoms with E-state index in [0.717, 1.165) is 43.4 Å². The van der Waals surface area contributed by atoms with Gasteiger partial charge in [0, 0.05) is 11.8 Å². The number of methoxy groups -OCH3 is 2. The summed E-state index contributed by atoms with van der Waals surface area (Å²) in [5, 5.41) is 0. The number of esters is 2. The van der Waals surface area contributed by atoms with Crippen molar-refractivity contribution in [2.75, 3.05) is 14.2 Å². The van der Waals surface area contributed by atoms with Gasteiger partial charge >= 0.3 is 18.1 Å². The van der Waals surface area contributed by atoms with Gasteiger partial charge in [0.05, 0.1) is 14.2 Å². The molecule has 0 saturated carbocycles. The number of alkyl halides is 3. The van der Waals surface area contributed by atoms with Crippen LogP contribution in [0.5, 0.6) is 0 Å². The third-order valence-corrected chi connectivity index (χ3v) is 5.48. The van der Waals surface area contributed by atoms with E-state index in [0.29, 0.717) is 11.1 Å². The third kappa shape index (κ3) is 3.37. The summed E-state index contributed by atoms with van der Waals surface area (Å²) in [6, 6.07) is 9.80. The molecule has 0 aliphatic carbocycles. The van der Waals surface area contributed by atoms with Crippen LogP contribution in [0.2, 0.25) is 0 Å². The number of halogens is 4. The highest BCUT2D eigenvalue weighted by molar-refractivity contribution is 6.02. The molecule has 2 aliphatic heterocycles. The molecule has 0 radical (unpaired) electrons. The van der Waals surface area contributed by atoms with E-state index >= 15 is 0 Å². The smallest absolute Gasteiger partial charge is 0.426 e. The van der Waals surface area contributed by atoms with Gasteiger partial charge in [0.2, 0.25) is 5.60 Å². The first kappa shape index (κ1) is 22.5. The number of hydrogen-bond acceptors (Lipinski definition) is 6. The van der Waals surface area contributed by atoms with Crippen LogP contribution in [0.4, 0.5) is 17.6 Å². The number of carbonyl (C=O) groups excluding carboxylic acids is 2. The fourth-order valence-corrected chi connectivity index (χ4v) is 4.03. The van der Waals surface area contributed by atoms with Crippen molar-refractivity contribution in [3.8, 4) is 0 Å². The molecule has 2 aromatic rings. The van der Waals surface area contributed by atoms with Crippen LogP contribution in [-0.2, 0) is 29.4 Å². The second kappa shape index (κ2) is 8.04. The van der Waals surface area contributed by atoms with E-state index < -0.39 is 52.6 Å². The summed E-state index contributed by atoms with van der Waals surface area (Å²) < 4.78 is 73.6. The van der Waals surface area contributed by atoms with E-state index in [-0.39, 0.29) is 0 Å². The molecular formula is C23H17F4NO5. The highest BCUT2D eigenvalue weighted by atomic mass is 19.4. The second-order valence-electron chi connectivity index (χ2n) is 7.21. The molecule has 0 bridgehead atoms. The summed E-state index contributed by atoms with van der Waals surface area (Å²) in [6.45, 7) is 0. The van der Waals surface area contributed by atoms with Gasteiger partial charge in [-0.15, -0.1) is 0 Å². The zero-order valence-electron chi connectivity index (χ0n) is 17.4. The number of rotatable bonds is 3. The number of hydrogen-bond donors (Lipinski definition) is 0. The van der Waals surface area contributed by atoms with E-state index in [1.54, 1.807) is 30.3 Å². The van der Waals surface area contributed by atoms with Crippen LogP contribution >= 0.6 is 0 Å². The molecule has 172 valence electrons. The fourth-order valence-electron chi connectivity index (χ4n) is 4.03. The van der Waals surface area contributed by atoms with Gasteiger partial charge in [-0.25, -0.2) is 14.0 Å². The Bertz CT molecular complexity index is 1170. The lowest BCUT2D eigenvalue weighted by atomic mass is 9.81. The third-order valence-electron chi connectivity index (χ3n) is 5.48. The van der Waals surface area contributed by atoms with Crippen molar-refractivity contribution in [2.45, 2.75) is 18.0 Å². The average molecular weight is 463 g/mol. The van der Waals surface area contributed by atoms with Crippen LogP contribution in [0.1, 0.15) is 22.9 Å². The molecule has 2 heterocycles. The fraction of sp³-hybridized carbons (Fsp3) is 0.217. The molecule has 4 rings (SSSR count).